The molecule has 2 N–H and O–H groups in total. The number of amides is 1. The summed E-state index contributed by atoms with van der Waals surface area (Å²) in [5.41, 5.74) is 6.97. The van der Waals surface area contributed by atoms with E-state index in [9.17, 15) is 9.18 Å². The van der Waals surface area contributed by atoms with Crippen LogP contribution in [0.3, 0.4) is 0 Å². The summed E-state index contributed by atoms with van der Waals surface area (Å²) in [6, 6.07) is 9.30. The molecule has 4 rings (SSSR count). The van der Waals surface area contributed by atoms with E-state index in [2.05, 4.69) is 4.98 Å². The predicted octanol–water partition coefficient (Wildman–Crippen LogP) is 2.43. The Morgan fingerprint density at radius 2 is 2.07 bits per heavy atom. The summed E-state index contributed by atoms with van der Waals surface area (Å²) in [5.74, 6) is 0.566. The average Bonchev–Trinajstić information content (AvgIpc) is 2.96. The van der Waals surface area contributed by atoms with Gasteiger partial charge >= 0.3 is 0 Å². The van der Waals surface area contributed by atoms with Crippen molar-refractivity contribution in [2.75, 3.05) is 26.4 Å². The highest BCUT2D eigenvalue weighted by molar-refractivity contribution is 5.95. The molecular formula is C20H22FN3O3. The van der Waals surface area contributed by atoms with Gasteiger partial charge in [0.2, 0.25) is 0 Å². The van der Waals surface area contributed by atoms with Crippen LogP contribution in [-0.4, -0.2) is 54.2 Å². The van der Waals surface area contributed by atoms with Crippen molar-refractivity contribution in [3.63, 3.8) is 0 Å². The van der Waals surface area contributed by atoms with Gasteiger partial charge in [-0.15, -0.1) is 0 Å². The molecule has 3 heterocycles. The third-order valence-corrected chi connectivity index (χ3v) is 5.20. The molecule has 1 aromatic heterocycles. The normalized spacial score (nSPS) is 22.3. The lowest BCUT2D eigenvalue weighted by molar-refractivity contribution is -0.00744. The fraction of sp³-hybridized carbons (Fsp3) is 0.400. The van der Waals surface area contributed by atoms with Gasteiger partial charge in [0.05, 0.1) is 37.1 Å². The van der Waals surface area contributed by atoms with E-state index in [4.69, 9.17) is 15.2 Å². The Labute approximate surface area is 156 Å². The number of hydrogen-bond acceptors (Lipinski definition) is 5. The minimum Gasteiger partial charge on any atom is -0.489 e. The van der Waals surface area contributed by atoms with Crippen LogP contribution in [0.1, 0.15) is 23.3 Å². The number of rotatable bonds is 5. The first-order valence-electron chi connectivity index (χ1n) is 9.12. The van der Waals surface area contributed by atoms with Crippen LogP contribution in [0.25, 0.3) is 10.9 Å². The zero-order valence-electron chi connectivity index (χ0n) is 14.9. The number of hydrogen-bond donors (Lipinski definition) is 1. The van der Waals surface area contributed by atoms with Crippen LogP contribution in [-0.2, 0) is 4.74 Å². The number of ether oxygens (including phenoxy) is 2. The molecule has 6 nitrogen and oxygen atoms in total. The molecule has 7 heteroatoms. The molecule has 2 fully saturated rings. The first-order chi connectivity index (χ1) is 13.2. The van der Waals surface area contributed by atoms with E-state index >= 15 is 0 Å². The van der Waals surface area contributed by atoms with Gasteiger partial charge in [0, 0.05) is 17.5 Å². The molecule has 2 atom stereocenters. The van der Waals surface area contributed by atoms with Crippen LogP contribution < -0.4 is 10.5 Å². The van der Waals surface area contributed by atoms with Gasteiger partial charge in [-0.1, -0.05) is 6.07 Å². The van der Waals surface area contributed by atoms with E-state index in [-0.39, 0.29) is 31.1 Å². The number of morpholine rings is 1. The predicted molar refractivity (Wildman–Crippen MR) is 99.3 cm³/mol. The highest BCUT2D eigenvalue weighted by atomic mass is 19.1. The first kappa shape index (κ1) is 17.9. The van der Waals surface area contributed by atoms with Crippen molar-refractivity contribution in [2.45, 2.75) is 24.9 Å². The second-order valence-electron chi connectivity index (χ2n) is 6.95. The Hall–Kier alpha value is -2.51. The number of carbonyl (C=O) groups excluding carboxylic acids is 1. The SMILES string of the molecule is NC/C(=C\F)COc1ccc2nc(C(=O)N3C4CCC3COC4)ccc2c1. The van der Waals surface area contributed by atoms with Gasteiger partial charge < -0.3 is 20.1 Å². The third kappa shape index (κ3) is 3.52. The zero-order valence-corrected chi connectivity index (χ0v) is 14.9. The Morgan fingerprint density at radius 3 is 2.78 bits per heavy atom. The standard InChI is InChI=1S/C20H22FN3O3/c21-8-13(9-22)10-27-17-4-6-18-14(7-17)1-5-19(23-18)20(25)24-15-2-3-16(24)12-26-11-15/h1,4-8,15-16H,2-3,9-12,22H2/b13-8+. The highest BCUT2D eigenvalue weighted by Crippen LogP contribution is 2.30. The maximum atomic E-state index is 12.9. The van der Waals surface area contributed by atoms with Crippen LogP contribution in [0.2, 0.25) is 0 Å². The summed E-state index contributed by atoms with van der Waals surface area (Å²) in [6.07, 6.45) is 2.45. The molecule has 2 saturated heterocycles. The molecule has 1 aromatic carbocycles. The quantitative estimate of drug-likeness (QED) is 0.873. The van der Waals surface area contributed by atoms with E-state index in [1.807, 2.05) is 17.0 Å². The lowest BCUT2D eigenvalue weighted by atomic mass is 10.1. The Balaban J connectivity index is 1.53. The van der Waals surface area contributed by atoms with Crippen molar-refractivity contribution < 1.29 is 18.7 Å². The molecule has 0 spiro atoms. The van der Waals surface area contributed by atoms with E-state index in [1.165, 1.54) is 0 Å². The molecule has 2 aliphatic rings. The van der Waals surface area contributed by atoms with Crippen LogP contribution >= 0.6 is 0 Å². The van der Waals surface area contributed by atoms with Gasteiger partial charge in [0.25, 0.3) is 5.91 Å². The van der Waals surface area contributed by atoms with Crippen molar-refractivity contribution in [1.82, 2.24) is 9.88 Å². The van der Waals surface area contributed by atoms with Crippen molar-refractivity contribution in [3.05, 3.63) is 47.9 Å². The fourth-order valence-corrected chi connectivity index (χ4v) is 3.72. The van der Waals surface area contributed by atoms with Crippen molar-refractivity contribution in [1.29, 1.82) is 0 Å². The van der Waals surface area contributed by atoms with E-state index < -0.39 is 0 Å². The molecule has 0 radical (unpaired) electrons. The van der Waals surface area contributed by atoms with Crippen LogP contribution in [0.15, 0.2) is 42.2 Å². The topological polar surface area (TPSA) is 77.7 Å². The minimum absolute atomic E-state index is 0.0336. The van der Waals surface area contributed by atoms with Crippen LogP contribution in [0.4, 0.5) is 4.39 Å². The van der Waals surface area contributed by atoms with Gasteiger partial charge in [-0.3, -0.25) is 4.79 Å². The Morgan fingerprint density at radius 1 is 1.30 bits per heavy atom. The number of halogens is 1. The highest BCUT2D eigenvalue weighted by Gasteiger charge is 2.41. The summed E-state index contributed by atoms with van der Waals surface area (Å²) < 4.78 is 23.7. The lowest BCUT2D eigenvalue weighted by Crippen LogP contribution is -2.49. The Bertz CT molecular complexity index is 870. The summed E-state index contributed by atoms with van der Waals surface area (Å²) >= 11 is 0. The molecular weight excluding hydrogens is 349 g/mol. The molecule has 1 amide bonds. The van der Waals surface area contributed by atoms with E-state index in [1.54, 1.807) is 18.2 Å². The molecule has 2 bridgehead atoms. The van der Waals surface area contributed by atoms with E-state index in [0.29, 0.717) is 42.1 Å². The number of fused-ring (bicyclic) bond motifs is 3. The van der Waals surface area contributed by atoms with Crippen LogP contribution in [0.5, 0.6) is 5.75 Å². The van der Waals surface area contributed by atoms with Crippen LogP contribution in [0, 0.1) is 0 Å². The maximum absolute atomic E-state index is 12.9. The molecule has 27 heavy (non-hydrogen) atoms. The maximum Gasteiger partial charge on any atom is 0.273 e. The summed E-state index contributed by atoms with van der Waals surface area (Å²) in [5, 5.41) is 0.854. The first-order valence-corrected chi connectivity index (χ1v) is 9.12. The Kier molecular flexibility index (Phi) is 5.05. The van der Waals surface area contributed by atoms with Gasteiger partial charge in [0.15, 0.2) is 0 Å². The summed E-state index contributed by atoms with van der Waals surface area (Å²) in [6.45, 7) is 1.42. The van der Waals surface area contributed by atoms with Gasteiger partial charge in [-0.05, 0) is 37.1 Å². The summed E-state index contributed by atoms with van der Waals surface area (Å²) in [4.78, 5) is 19.4. The number of carbonyl (C=O) groups is 1. The van der Waals surface area contributed by atoms with Gasteiger partial charge in [-0.25, -0.2) is 9.37 Å². The number of nitrogens with zero attached hydrogens (tertiary/aromatic N) is 2. The number of pyridine rings is 1. The van der Waals surface area contributed by atoms with Crippen molar-refractivity contribution >= 4 is 16.8 Å². The average molecular weight is 371 g/mol. The van der Waals surface area contributed by atoms with Crippen molar-refractivity contribution in [3.8, 4) is 5.75 Å². The number of aromatic nitrogens is 1. The minimum atomic E-state index is -0.0336. The number of nitrogens with two attached hydrogens (primary N) is 1. The monoisotopic (exact) mass is 371 g/mol. The molecule has 0 aliphatic carbocycles. The van der Waals surface area contributed by atoms with Crippen molar-refractivity contribution in [2.24, 2.45) is 5.73 Å². The summed E-state index contributed by atoms with van der Waals surface area (Å²) in [7, 11) is 0. The molecule has 142 valence electrons. The largest absolute Gasteiger partial charge is 0.489 e. The third-order valence-electron chi connectivity index (χ3n) is 5.20. The van der Waals surface area contributed by atoms with Gasteiger partial charge in [-0.2, -0.15) is 0 Å². The second-order valence-corrected chi connectivity index (χ2v) is 6.95. The van der Waals surface area contributed by atoms with E-state index in [0.717, 1.165) is 18.2 Å². The molecule has 2 aliphatic heterocycles. The van der Waals surface area contributed by atoms with Gasteiger partial charge in [0.1, 0.15) is 18.1 Å². The number of benzene rings is 1. The molecule has 2 unspecified atom stereocenters. The molecule has 2 aromatic rings. The second kappa shape index (κ2) is 7.62. The smallest absolute Gasteiger partial charge is 0.273 e. The zero-order chi connectivity index (χ0) is 18.8. The molecule has 0 saturated carbocycles. The fourth-order valence-electron chi connectivity index (χ4n) is 3.72. The lowest BCUT2D eigenvalue weighted by Gasteiger charge is -2.34.